The van der Waals surface area contributed by atoms with Crippen LogP contribution in [-0.4, -0.2) is 40.3 Å². The molecule has 0 saturated carbocycles. The van der Waals surface area contributed by atoms with Gasteiger partial charge in [-0.2, -0.15) is 5.10 Å². The topological polar surface area (TPSA) is 47.9 Å². The first-order chi connectivity index (χ1) is 11.4. The summed E-state index contributed by atoms with van der Waals surface area (Å²) in [4.78, 5) is 16.0. The lowest BCUT2D eigenvalue weighted by atomic mass is 10.2. The molecule has 0 fully saturated rings. The average Bonchev–Trinajstić information content (AvgIpc) is 2.56. The molecule has 2 rings (SSSR count). The predicted octanol–water partition coefficient (Wildman–Crippen LogP) is 3.24. The Morgan fingerprint density at radius 2 is 1.58 bits per heavy atom. The van der Waals surface area contributed by atoms with Crippen molar-refractivity contribution in [3.05, 3.63) is 58.6 Å². The third kappa shape index (κ3) is 4.49. The van der Waals surface area contributed by atoms with Crippen LogP contribution in [0.3, 0.4) is 0 Å². The minimum absolute atomic E-state index is 0.266. The number of hydrogen-bond acceptors (Lipinski definition) is 4. The van der Waals surface area contributed by atoms with Gasteiger partial charge in [0.1, 0.15) is 0 Å². The Morgan fingerprint density at radius 3 is 2.12 bits per heavy atom. The van der Waals surface area contributed by atoms with Crippen molar-refractivity contribution < 1.29 is 4.79 Å². The molecule has 0 aliphatic carbocycles. The van der Waals surface area contributed by atoms with E-state index in [1.807, 2.05) is 68.3 Å². The van der Waals surface area contributed by atoms with Crippen molar-refractivity contribution in [3.63, 3.8) is 0 Å². The first-order valence-corrected chi connectivity index (χ1v) is 7.84. The van der Waals surface area contributed by atoms with E-state index in [9.17, 15) is 4.79 Å². The van der Waals surface area contributed by atoms with Crippen molar-refractivity contribution in [3.8, 4) is 0 Å². The molecule has 0 heterocycles. The summed E-state index contributed by atoms with van der Waals surface area (Å²) in [5.74, 6) is -0.266. The van der Waals surface area contributed by atoms with Gasteiger partial charge in [0.2, 0.25) is 0 Å². The van der Waals surface area contributed by atoms with E-state index in [1.165, 1.54) is 6.21 Å². The fourth-order valence-corrected chi connectivity index (χ4v) is 2.26. The van der Waals surface area contributed by atoms with Crippen molar-refractivity contribution >= 4 is 35.1 Å². The van der Waals surface area contributed by atoms with E-state index >= 15 is 0 Å². The SMILES string of the molecule is CN(C)c1ccc(C(=O)N/N=C\c2ccc(N(C)C)cc2Cl)cc1. The highest BCUT2D eigenvalue weighted by atomic mass is 35.5. The van der Waals surface area contributed by atoms with E-state index in [4.69, 9.17) is 11.6 Å². The summed E-state index contributed by atoms with van der Waals surface area (Å²) in [5.41, 5.74) is 5.83. The van der Waals surface area contributed by atoms with Crippen LogP contribution < -0.4 is 15.2 Å². The second-order valence-electron chi connectivity index (χ2n) is 5.74. The fraction of sp³-hybridized carbons (Fsp3) is 0.222. The highest BCUT2D eigenvalue weighted by Crippen LogP contribution is 2.21. The quantitative estimate of drug-likeness (QED) is 0.669. The monoisotopic (exact) mass is 344 g/mol. The Morgan fingerprint density at radius 1 is 1.00 bits per heavy atom. The molecule has 0 spiro atoms. The average molecular weight is 345 g/mol. The molecule has 0 aliphatic rings. The normalized spacial score (nSPS) is 10.7. The summed E-state index contributed by atoms with van der Waals surface area (Å²) in [6.07, 6.45) is 1.54. The van der Waals surface area contributed by atoms with E-state index in [0.717, 1.165) is 16.9 Å². The Hall–Kier alpha value is -2.53. The number of carbonyl (C=O) groups excluding carboxylic acids is 1. The predicted molar refractivity (Wildman–Crippen MR) is 102 cm³/mol. The van der Waals surface area contributed by atoms with Gasteiger partial charge in [-0.1, -0.05) is 11.6 Å². The van der Waals surface area contributed by atoms with Gasteiger partial charge in [0.25, 0.3) is 5.91 Å². The van der Waals surface area contributed by atoms with Crippen molar-refractivity contribution in [1.29, 1.82) is 0 Å². The summed E-state index contributed by atoms with van der Waals surface area (Å²) in [5, 5.41) is 4.56. The third-order valence-corrected chi connectivity index (χ3v) is 3.84. The van der Waals surface area contributed by atoms with Crippen molar-refractivity contribution in [2.75, 3.05) is 38.0 Å². The number of rotatable bonds is 5. The molecular formula is C18H21ClN4O. The van der Waals surface area contributed by atoms with E-state index in [0.29, 0.717) is 10.6 Å². The molecule has 6 heteroatoms. The van der Waals surface area contributed by atoms with E-state index < -0.39 is 0 Å². The zero-order valence-electron chi connectivity index (χ0n) is 14.2. The molecule has 5 nitrogen and oxygen atoms in total. The molecule has 0 saturated heterocycles. The highest BCUT2D eigenvalue weighted by Gasteiger charge is 2.05. The van der Waals surface area contributed by atoms with E-state index in [1.54, 1.807) is 12.1 Å². The van der Waals surface area contributed by atoms with Gasteiger partial charge in [-0.15, -0.1) is 0 Å². The lowest BCUT2D eigenvalue weighted by Crippen LogP contribution is -2.18. The minimum atomic E-state index is -0.266. The van der Waals surface area contributed by atoms with Gasteiger partial charge in [-0.25, -0.2) is 5.43 Å². The summed E-state index contributed by atoms with van der Waals surface area (Å²) >= 11 is 6.22. The molecule has 24 heavy (non-hydrogen) atoms. The van der Waals surface area contributed by atoms with Gasteiger partial charge in [-0.3, -0.25) is 4.79 Å². The van der Waals surface area contributed by atoms with Crippen LogP contribution in [-0.2, 0) is 0 Å². The molecule has 2 aromatic carbocycles. The van der Waals surface area contributed by atoms with Crippen molar-refractivity contribution in [1.82, 2.24) is 5.43 Å². The highest BCUT2D eigenvalue weighted by molar-refractivity contribution is 6.33. The molecule has 1 amide bonds. The van der Waals surface area contributed by atoms with Crippen LogP contribution in [0.5, 0.6) is 0 Å². The Labute approximate surface area is 147 Å². The molecule has 2 aromatic rings. The lowest BCUT2D eigenvalue weighted by molar-refractivity contribution is 0.0955. The van der Waals surface area contributed by atoms with Crippen LogP contribution in [0.1, 0.15) is 15.9 Å². The van der Waals surface area contributed by atoms with Crippen LogP contribution in [0, 0.1) is 0 Å². The summed E-state index contributed by atoms with van der Waals surface area (Å²) in [7, 11) is 7.79. The molecule has 0 aromatic heterocycles. The van der Waals surface area contributed by atoms with Crippen LogP contribution in [0.4, 0.5) is 11.4 Å². The first-order valence-electron chi connectivity index (χ1n) is 7.46. The first kappa shape index (κ1) is 17.8. The van der Waals surface area contributed by atoms with Gasteiger partial charge in [0, 0.05) is 50.7 Å². The number of amides is 1. The van der Waals surface area contributed by atoms with Crippen LogP contribution >= 0.6 is 11.6 Å². The third-order valence-electron chi connectivity index (χ3n) is 3.52. The van der Waals surface area contributed by atoms with Crippen LogP contribution in [0.2, 0.25) is 5.02 Å². The number of carbonyl (C=O) groups is 1. The smallest absolute Gasteiger partial charge is 0.271 e. The second kappa shape index (κ2) is 7.84. The minimum Gasteiger partial charge on any atom is -0.378 e. The Balaban J connectivity index is 2.02. The summed E-state index contributed by atoms with van der Waals surface area (Å²) < 4.78 is 0. The molecule has 0 bridgehead atoms. The molecule has 0 atom stereocenters. The van der Waals surface area contributed by atoms with E-state index in [2.05, 4.69) is 10.5 Å². The van der Waals surface area contributed by atoms with Crippen molar-refractivity contribution in [2.45, 2.75) is 0 Å². The number of nitrogens with one attached hydrogen (secondary N) is 1. The zero-order valence-corrected chi connectivity index (χ0v) is 15.0. The Kier molecular flexibility index (Phi) is 5.82. The molecular weight excluding hydrogens is 324 g/mol. The number of halogens is 1. The van der Waals surface area contributed by atoms with Gasteiger partial charge >= 0.3 is 0 Å². The molecule has 0 aliphatic heterocycles. The van der Waals surface area contributed by atoms with Gasteiger partial charge in [-0.05, 0) is 42.5 Å². The maximum atomic E-state index is 12.1. The number of benzene rings is 2. The molecule has 0 radical (unpaired) electrons. The zero-order chi connectivity index (χ0) is 17.7. The number of anilines is 2. The number of hydrogen-bond donors (Lipinski definition) is 1. The summed E-state index contributed by atoms with van der Waals surface area (Å²) in [6.45, 7) is 0. The van der Waals surface area contributed by atoms with Crippen LogP contribution in [0.25, 0.3) is 0 Å². The standard InChI is InChI=1S/C18H21ClN4O/c1-22(2)15-8-5-13(6-9-15)18(24)21-20-12-14-7-10-16(23(3)4)11-17(14)19/h5-12H,1-4H3,(H,21,24)/b20-12-. The largest absolute Gasteiger partial charge is 0.378 e. The van der Waals surface area contributed by atoms with Gasteiger partial charge in [0.05, 0.1) is 11.2 Å². The van der Waals surface area contributed by atoms with Crippen LogP contribution in [0.15, 0.2) is 47.6 Å². The van der Waals surface area contributed by atoms with Crippen molar-refractivity contribution in [2.24, 2.45) is 5.10 Å². The maximum absolute atomic E-state index is 12.1. The lowest BCUT2D eigenvalue weighted by Gasteiger charge is -2.13. The summed E-state index contributed by atoms with van der Waals surface area (Å²) in [6, 6.07) is 12.9. The molecule has 126 valence electrons. The second-order valence-corrected chi connectivity index (χ2v) is 6.15. The fourth-order valence-electron chi connectivity index (χ4n) is 2.03. The Bertz CT molecular complexity index is 739. The van der Waals surface area contributed by atoms with E-state index in [-0.39, 0.29) is 5.91 Å². The molecule has 1 N–H and O–H groups in total. The number of nitrogens with zero attached hydrogens (tertiary/aromatic N) is 3. The maximum Gasteiger partial charge on any atom is 0.271 e. The molecule has 0 unspecified atom stereocenters. The number of hydrazone groups is 1. The van der Waals surface area contributed by atoms with Gasteiger partial charge in [0.15, 0.2) is 0 Å². The van der Waals surface area contributed by atoms with Gasteiger partial charge < -0.3 is 9.80 Å².